The Hall–Kier alpha value is -2.87. The van der Waals surface area contributed by atoms with Crippen molar-refractivity contribution in [2.75, 3.05) is 6.61 Å². The maximum absolute atomic E-state index is 13.9. The Morgan fingerprint density at radius 2 is 1.96 bits per heavy atom. The number of hydrogen-bond donors (Lipinski definition) is 0. The van der Waals surface area contributed by atoms with Crippen molar-refractivity contribution in [2.24, 2.45) is 4.99 Å². The van der Waals surface area contributed by atoms with Crippen molar-refractivity contribution in [1.82, 2.24) is 4.57 Å². The summed E-state index contributed by atoms with van der Waals surface area (Å²) >= 11 is 1.20. The molecule has 0 atom stereocenters. The van der Waals surface area contributed by atoms with Gasteiger partial charge in [0.05, 0.1) is 22.4 Å². The van der Waals surface area contributed by atoms with E-state index in [-0.39, 0.29) is 23.5 Å². The molecule has 0 saturated carbocycles. The topological polar surface area (TPSA) is 60.7 Å². The second kappa shape index (κ2) is 7.79. The molecule has 2 aromatic carbocycles. The van der Waals surface area contributed by atoms with E-state index < -0.39 is 23.5 Å². The number of rotatable bonds is 4. The summed E-state index contributed by atoms with van der Waals surface area (Å²) in [5.41, 5.74) is 1.38. The third-order valence-corrected chi connectivity index (χ3v) is 4.83. The number of thiazole rings is 1. The van der Waals surface area contributed by atoms with Crippen LogP contribution in [0.25, 0.3) is 10.2 Å². The highest BCUT2D eigenvalue weighted by Gasteiger charge is 2.15. The molecule has 0 N–H and O–H groups in total. The maximum atomic E-state index is 13.9. The molecular formula is C19H16F2N2O3S. The fraction of sp³-hybridized carbons (Fsp3) is 0.211. The molecule has 0 saturated heterocycles. The first-order valence-corrected chi connectivity index (χ1v) is 9.00. The number of aryl methyl sites for hydroxylation is 1. The van der Waals surface area contributed by atoms with Crippen molar-refractivity contribution in [3.8, 4) is 0 Å². The normalized spacial score (nSPS) is 11.8. The summed E-state index contributed by atoms with van der Waals surface area (Å²) in [6.45, 7) is 3.72. The van der Waals surface area contributed by atoms with E-state index in [2.05, 4.69) is 4.99 Å². The Bertz CT molecular complexity index is 1100. The largest absolute Gasteiger partial charge is 0.465 e. The molecule has 0 spiro atoms. The predicted octanol–water partition coefficient (Wildman–Crippen LogP) is 3.59. The van der Waals surface area contributed by atoms with Crippen molar-refractivity contribution < 1.29 is 23.1 Å². The van der Waals surface area contributed by atoms with Gasteiger partial charge in [0, 0.05) is 6.07 Å². The lowest BCUT2D eigenvalue weighted by Crippen LogP contribution is -2.23. The van der Waals surface area contributed by atoms with Gasteiger partial charge in [-0.3, -0.25) is 9.59 Å². The van der Waals surface area contributed by atoms with Crippen LogP contribution in [0.1, 0.15) is 22.8 Å². The Kier molecular flexibility index (Phi) is 5.46. The van der Waals surface area contributed by atoms with E-state index in [4.69, 9.17) is 4.74 Å². The van der Waals surface area contributed by atoms with Crippen molar-refractivity contribution in [2.45, 2.75) is 20.4 Å². The Labute approximate surface area is 157 Å². The molecule has 3 rings (SSSR count). The van der Waals surface area contributed by atoms with E-state index in [9.17, 15) is 18.4 Å². The number of carbonyl (C=O) groups excluding carboxylic acids is 2. The highest BCUT2D eigenvalue weighted by Crippen LogP contribution is 2.19. The summed E-state index contributed by atoms with van der Waals surface area (Å²) < 4.78 is 34.3. The van der Waals surface area contributed by atoms with Gasteiger partial charge in [-0.25, -0.2) is 8.78 Å². The number of hydrogen-bond acceptors (Lipinski definition) is 4. The van der Waals surface area contributed by atoms with Gasteiger partial charge in [-0.05, 0) is 43.7 Å². The van der Waals surface area contributed by atoms with Gasteiger partial charge in [0.2, 0.25) is 0 Å². The summed E-state index contributed by atoms with van der Waals surface area (Å²) in [5.74, 6) is -3.09. The first-order chi connectivity index (χ1) is 12.9. The third kappa shape index (κ3) is 4.11. The molecule has 27 heavy (non-hydrogen) atoms. The lowest BCUT2D eigenvalue weighted by Gasteiger charge is -2.05. The maximum Gasteiger partial charge on any atom is 0.326 e. The molecular weight excluding hydrogens is 374 g/mol. The highest BCUT2D eigenvalue weighted by atomic mass is 32.1. The molecule has 5 nitrogen and oxygen atoms in total. The summed E-state index contributed by atoms with van der Waals surface area (Å²) in [5, 5.41) is 0. The Morgan fingerprint density at radius 1 is 1.19 bits per heavy atom. The van der Waals surface area contributed by atoms with Gasteiger partial charge in [-0.15, -0.1) is 0 Å². The smallest absolute Gasteiger partial charge is 0.326 e. The van der Waals surface area contributed by atoms with Crippen LogP contribution < -0.4 is 4.80 Å². The number of carbonyl (C=O) groups is 2. The van der Waals surface area contributed by atoms with E-state index in [1.54, 1.807) is 11.5 Å². The van der Waals surface area contributed by atoms with E-state index in [0.29, 0.717) is 11.6 Å². The van der Waals surface area contributed by atoms with Gasteiger partial charge in [-0.1, -0.05) is 17.4 Å². The molecule has 0 aliphatic rings. The van der Waals surface area contributed by atoms with Crippen LogP contribution in [0.3, 0.4) is 0 Å². The summed E-state index contributed by atoms with van der Waals surface area (Å²) in [6, 6.07) is 8.27. The van der Waals surface area contributed by atoms with Crippen LogP contribution in [0.5, 0.6) is 0 Å². The zero-order chi connectivity index (χ0) is 19.6. The average Bonchev–Trinajstić information content (AvgIpc) is 2.91. The second-order valence-electron chi connectivity index (χ2n) is 5.79. The zero-order valence-corrected chi connectivity index (χ0v) is 15.5. The molecule has 140 valence electrons. The lowest BCUT2D eigenvalue weighted by molar-refractivity contribution is -0.143. The van der Waals surface area contributed by atoms with Crippen molar-refractivity contribution >= 4 is 33.4 Å². The van der Waals surface area contributed by atoms with Crippen LogP contribution in [0.15, 0.2) is 41.4 Å². The SMILES string of the molecule is CCOC(=O)Cn1c(=NC(=O)c2ccc(F)cc2F)sc2cc(C)ccc21. The molecule has 0 radical (unpaired) electrons. The molecule has 0 bridgehead atoms. The van der Waals surface area contributed by atoms with Crippen molar-refractivity contribution in [3.63, 3.8) is 0 Å². The predicted molar refractivity (Wildman–Crippen MR) is 97.4 cm³/mol. The van der Waals surface area contributed by atoms with Crippen LogP contribution in [-0.2, 0) is 16.1 Å². The summed E-state index contributed by atoms with van der Waals surface area (Å²) in [7, 11) is 0. The molecule has 1 heterocycles. The van der Waals surface area contributed by atoms with Crippen molar-refractivity contribution in [1.29, 1.82) is 0 Å². The molecule has 1 aromatic heterocycles. The van der Waals surface area contributed by atoms with Crippen LogP contribution in [0.4, 0.5) is 8.78 Å². The minimum absolute atomic E-state index is 0.130. The van der Waals surface area contributed by atoms with Crippen LogP contribution in [0.2, 0.25) is 0 Å². The minimum atomic E-state index is -0.988. The van der Waals surface area contributed by atoms with Crippen molar-refractivity contribution in [3.05, 3.63) is 64.0 Å². The van der Waals surface area contributed by atoms with Gasteiger partial charge < -0.3 is 9.30 Å². The monoisotopic (exact) mass is 390 g/mol. The van der Waals surface area contributed by atoms with Gasteiger partial charge >= 0.3 is 5.97 Å². The highest BCUT2D eigenvalue weighted by molar-refractivity contribution is 7.16. The van der Waals surface area contributed by atoms with Crippen LogP contribution >= 0.6 is 11.3 Å². The Morgan fingerprint density at radius 3 is 2.67 bits per heavy atom. The third-order valence-electron chi connectivity index (χ3n) is 3.79. The zero-order valence-electron chi connectivity index (χ0n) is 14.7. The van der Waals surface area contributed by atoms with Gasteiger partial charge in [-0.2, -0.15) is 4.99 Å². The quantitative estimate of drug-likeness (QED) is 0.640. The second-order valence-corrected chi connectivity index (χ2v) is 6.80. The minimum Gasteiger partial charge on any atom is -0.465 e. The number of esters is 1. The number of fused-ring (bicyclic) bond motifs is 1. The number of nitrogens with zero attached hydrogens (tertiary/aromatic N) is 2. The summed E-state index contributed by atoms with van der Waals surface area (Å²) in [4.78, 5) is 28.6. The molecule has 3 aromatic rings. The fourth-order valence-corrected chi connectivity index (χ4v) is 3.69. The molecule has 1 amide bonds. The number of ether oxygens (including phenoxy) is 1. The lowest BCUT2D eigenvalue weighted by atomic mass is 10.2. The van der Waals surface area contributed by atoms with Gasteiger partial charge in [0.15, 0.2) is 4.80 Å². The van der Waals surface area contributed by atoms with Gasteiger partial charge in [0.1, 0.15) is 18.2 Å². The standard InChI is InChI=1S/C19H16F2N2O3S/c1-3-26-17(24)10-23-15-7-4-11(2)8-16(15)27-19(23)22-18(25)13-6-5-12(20)9-14(13)21/h4-9H,3,10H2,1-2H3. The molecule has 0 aliphatic heterocycles. The first kappa shape index (κ1) is 18.9. The molecule has 8 heteroatoms. The Balaban J connectivity index is 2.12. The molecule has 0 fully saturated rings. The van der Waals surface area contributed by atoms with Crippen LogP contribution in [0, 0.1) is 18.6 Å². The number of aromatic nitrogens is 1. The van der Waals surface area contributed by atoms with Gasteiger partial charge in [0.25, 0.3) is 5.91 Å². The number of halogens is 2. The first-order valence-electron chi connectivity index (χ1n) is 8.18. The van der Waals surface area contributed by atoms with E-state index in [0.717, 1.165) is 22.4 Å². The average molecular weight is 390 g/mol. The van der Waals surface area contributed by atoms with E-state index in [1.165, 1.54) is 11.3 Å². The fourth-order valence-electron chi connectivity index (χ4n) is 2.56. The van der Waals surface area contributed by atoms with E-state index >= 15 is 0 Å². The number of amides is 1. The van der Waals surface area contributed by atoms with E-state index in [1.807, 2.05) is 25.1 Å². The number of benzene rings is 2. The molecule has 0 aliphatic carbocycles. The molecule has 0 unspecified atom stereocenters. The summed E-state index contributed by atoms with van der Waals surface area (Å²) in [6.07, 6.45) is 0. The van der Waals surface area contributed by atoms with Crippen LogP contribution in [-0.4, -0.2) is 23.1 Å².